The molecule has 0 aliphatic carbocycles. The van der Waals surface area contributed by atoms with Crippen molar-refractivity contribution in [2.45, 2.75) is 5.03 Å². The maximum Gasteiger partial charge on any atom is 0.143 e. The zero-order valence-electron chi connectivity index (χ0n) is 6.76. The molecule has 5 heteroatoms. The van der Waals surface area contributed by atoms with Gasteiger partial charge in [-0.25, -0.2) is 4.98 Å². The minimum Gasteiger partial charge on any atom is -0.382 e. The van der Waals surface area contributed by atoms with E-state index in [1.807, 2.05) is 0 Å². The van der Waals surface area contributed by atoms with E-state index in [0.29, 0.717) is 20.9 Å². The molecule has 0 aliphatic rings. The van der Waals surface area contributed by atoms with Crippen LogP contribution in [0.15, 0.2) is 23.7 Å². The number of rotatable bonds is 3. The molecule has 0 saturated heterocycles. The van der Waals surface area contributed by atoms with Gasteiger partial charge in [0.1, 0.15) is 10.8 Å². The van der Waals surface area contributed by atoms with Crippen LogP contribution < -0.4 is 5.73 Å². The SMILES string of the molecule is C=CCSc1nc(N)c(Cl)cc1Cl. The number of aromatic nitrogens is 1. The van der Waals surface area contributed by atoms with Crippen molar-refractivity contribution < 1.29 is 0 Å². The average molecular weight is 235 g/mol. The lowest BCUT2D eigenvalue weighted by atomic mass is 10.5. The Morgan fingerprint density at radius 1 is 1.54 bits per heavy atom. The molecule has 0 bridgehead atoms. The Morgan fingerprint density at radius 3 is 2.85 bits per heavy atom. The van der Waals surface area contributed by atoms with Crippen molar-refractivity contribution in [1.29, 1.82) is 0 Å². The Labute approximate surface area is 91.1 Å². The molecule has 0 unspecified atom stereocenters. The van der Waals surface area contributed by atoms with E-state index in [9.17, 15) is 0 Å². The van der Waals surface area contributed by atoms with Gasteiger partial charge >= 0.3 is 0 Å². The monoisotopic (exact) mass is 234 g/mol. The summed E-state index contributed by atoms with van der Waals surface area (Å²) in [4.78, 5) is 4.04. The van der Waals surface area contributed by atoms with Crippen LogP contribution in [-0.4, -0.2) is 10.7 Å². The van der Waals surface area contributed by atoms with Gasteiger partial charge in [0.25, 0.3) is 0 Å². The molecular formula is C8H8Cl2N2S. The molecular weight excluding hydrogens is 227 g/mol. The van der Waals surface area contributed by atoms with E-state index in [2.05, 4.69) is 11.6 Å². The predicted molar refractivity (Wildman–Crippen MR) is 59.6 cm³/mol. The standard InChI is InChI=1S/C8H8Cl2N2S/c1-2-3-13-8-6(10)4-5(9)7(11)12-8/h2,4H,1,3H2,(H2,11,12). The van der Waals surface area contributed by atoms with Crippen LogP contribution in [0.2, 0.25) is 10.0 Å². The quantitative estimate of drug-likeness (QED) is 0.645. The Hall–Kier alpha value is -0.380. The fourth-order valence-corrected chi connectivity index (χ4v) is 1.86. The van der Waals surface area contributed by atoms with Crippen molar-refractivity contribution in [3.63, 3.8) is 0 Å². The van der Waals surface area contributed by atoms with Crippen LogP contribution in [0.4, 0.5) is 5.82 Å². The first-order valence-corrected chi connectivity index (χ1v) is 5.24. The number of anilines is 1. The number of nitrogen functional groups attached to an aromatic ring is 1. The van der Waals surface area contributed by atoms with Crippen molar-refractivity contribution in [3.05, 3.63) is 28.8 Å². The number of nitrogens with two attached hydrogens (primary N) is 1. The lowest BCUT2D eigenvalue weighted by molar-refractivity contribution is 1.15. The van der Waals surface area contributed by atoms with Gasteiger partial charge in [-0.3, -0.25) is 0 Å². The maximum absolute atomic E-state index is 5.88. The van der Waals surface area contributed by atoms with Crippen LogP contribution in [0.25, 0.3) is 0 Å². The minimum atomic E-state index is 0.303. The van der Waals surface area contributed by atoms with E-state index in [1.54, 1.807) is 12.1 Å². The van der Waals surface area contributed by atoms with E-state index in [1.165, 1.54) is 11.8 Å². The second-order valence-electron chi connectivity index (χ2n) is 2.24. The number of hydrogen-bond acceptors (Lipinski definition) is 3. The van der Waals surface area contributed by atoms with Crippen LogP contribution in [0.5, 0.6) is 0 Å². The molecule has 0 amide bonds. The topological polar surface area (TPSA) is 38.9 Å². The van der Waals surface area contributed by atoms with Crippen LogP contribution in [0.1, 0.15) is 0 Å². The molecule has 0 fully saturated rings. The summed E-state index contributed by atoms with van der Waals surface area (Å²) < 4.78 is 0. The second kappa shape index (κ2) is 4.74. The number of nitrogens with zero attached hydrogens (tertiary/aromatic N) is 1. The van der Waals surface area contributed by atoms with Crippen molar-refractivity contribution in [2.24, 2.45) is 0 Å². The maximum atomic E-state index is 5.88. The van der Waals surface area contributed by atoms with Crippen molar-refractivity contribution in [1.82, 2.24) is 4.98 Å². The molecule has 13 heavy (non-hydrogen) atoms. The molecule has 0 atom stereocenters. The molecule has 0 spiro atoms. The van der Waals surface area contributed by atoms with Gasteiger partial charge in [-0.05, 0) is 6.07 Å². The Balaban J connectivity index is 2.94. The second-order valence-corrected chi connectivity index (χ2v) is 4.07. The molecule has 1 aromatic heterocycles. The third kappa shape index (κ3) is 2.79. The summed E-state index contributed by atoms with van der Waals surface area (Å²) in [6.07, 6.45) is 1.77. The predicted octanol–water partition coefficient (Wildman–Crippen LogP) is 3.25. The van der Waals surface area contributed by atoms with E-state index >= 15 is 0 Å². The lowest BCUT2D eigenvalue weighted by Gasteiger charge is -2.03. The van der Waals surface area contributed by atoms with Crippen LogP contribution >= 0.6 is 35.0 Å². The average Bonchev–Trinajstić information content (AvgIpc) is 2.09. The molecule has 1 aromatic rings. The fraction of sp³-hybridized carbons (Fsp3) is 0.125. The fourth-order valence-electron chi connectivity index (χ4n) is 0.702. The molecule has 70 valence electrons. The minimum absolute atomic E-state index is 0.303. The lowest BCUT2D eigenvalue weighted by Crippen LogP contribution is -1.93. The first-order valence-electron chi connectivity index (χ1n) is 3.50. The summed E-state index contributed by atoms with van der Waals surface area (Å²) in [5.74, 6) is 1.05. The Morgan fingerprint density at radius 2 is 2.23 bits per heavy atom. The normalized spacial score (nSPS) is 10.0. The van der Waals surface area contributed by atoms with E-state index in [0.717, 1.165) is 5.75 Å². The van der Waals surface area contributed by atoms with Gasteiger partial charge in [0.15, 0.2) is 0 Å². The van der Waals surface area contributed by atoms with Crippen LogP contribution in [0.3, 0.4) is 0 Å². The first kappa shape index (κ1) is 10.7. The third-order valence-electron chi connectivity index (χ3n) is 1.26. The zero-order chi connectivity index (χ0) is 9.84. The first-order chi connectivity index (χ1) is 6.15. The van der Waals surface area contributed by atoms with E-state index in [-0.39, 0.29) is 0 Å². The van der Waals surface area contributed by atoms with Crippen molar-refractivity contribution >= 4 is 40.8 Å². The molecule has 0 saturated carbocycles. The highest BCUT2D eigenvalue weighted by Gasteiger charge is 2.06. The van der Waals surface area contributed by atoms with E-state index < -0.39 is 0 Å². The van der Waals surface area contributed by atoms with Gasteiger partial charge in [-0.2, -0.15) is 0 Å². The van der Waals surface area contributed by atoms with Gasteiger partial charge in [-0.1, -0.05) is 29.3 Å². The summed E-state index contributed by atoms with van der Waals surface area (Å²) in [6, 6.07) is 1.59. The highest BCUT2D eigenvalue weighted by molar-refractivity contribution is 7.99. The number of halogens is 2. The molecule has 1 heterocycles. The number of thioether (sulfide) groups is 1. The summed E-state index contributed by atoms with van der Waals surface area (Å²) in [7, 11) is 0. The Bertz CT molecular complexity index is 328. The number of pyridine rings is 1. The molecule has 0 aromatic carbocycles. The van der Waals surface area contributed by atoms with E-state index in [4.69, 9.17) is 28.9 Å². The van der Waals surface area contributed by atoms with Gasteiger partial charge in [0.05, 0.1) is 10.0 Å². The van der Waals surface area contributed by atoms with Gasteiger partial charge in [0.2, 0.25) is 0 Å². The highest BCUT2D eigenvalue weighted by Crippen LogP contribution is 2.30. The van der Waals surface area contributed by atoms with Crippen molar-refractivity contribution in [2.75, 3.05) is 11.5 Å². The smallest absolute Gasteiger partial charge is 0.143 e. The zero-order valence-corrected chi connectivity index (χ0v) is 9.09. The van der Waals surface area contributed by atoms with Crippen LogP contribution in [0, 0.1) is 0 Å². The Kier molecular flexibility index (Phi) is 3.90. The molecule has 1 rings (SSSR count). The highest BCUT2D eigenvalue weighted by atomic mass is 35.5. The largest absolute Gasteiger partial charge is 0.382 e. The van der Waals surface area contributed by atoms with Gasteiger partial charge in [0, 0.05) is 5.75 Å². The van der Waals surface area contributed by atoms with Crippen LogP contribution in [-0.2, 0) is 0 Å². The summed E-state index contributed by atoms with van der Waals surface area (Å²) in [5.41, 5.74) is 5.52. The van der Waals surface area contributed by atoms with Crippen molar-refractivity contribution in [3.8, 4) is 0 Å². The van der Waals surface area contributed by atoms with Gasteiger partial charge < -0.3 is 5.73 Å². The summed E-state index contributed by atoms with van der Waals surface area (Å²) in [6.45, 7) is 3.60. The molecule has 0 aliphatic heterocycles. The molecule has 2 N–H and O–H groups in total. The molecule has 2 nitrogen and oxygen atoms in total. The summed E-state index contributed by atoms with van der Waals surface area (Å²) in [5, 5.41) is 1.59. The molecule has 0 radical (unpaired) electrons. The summed E-state index contributed by atoms with van der Waals surface area (Å²) >= 11 is 13.1. The number of hydrogen-bond donors (Lipinski definition) is 1. The third-order valence-corrected chi connectivity index (χ3v) is 2.95. The van der Waals surface area contributed by atoms with Gasteiger partial charge in [-0.15, -0.1) is 18.3 Å².